The van der Waals surface area contributed by atoms with Gasteiger partial charge in [-0.25, -0.2) is 4.79 Å². The van der Waals surface area contributed by atoms with Crippen LogP contribution in [-0.4, -0.2) is 40.9 Å². The number of aliphatic hydroxyl groups is 1. The molecule has 1 aliphatic rings. The second-order valence-corrected chi connectivity index (χ2v) is 5.95. The van der Waals surface area contributed by atoms with Gasteiger partial charge in [-0.3, -0.25) is 0 Å². The topological polar surface area (TPSA) is 62.9 Å². The van der Waals surface area contributed by atoms with Gasteiger partial charge in [0.25, 0.3) is 0 Å². The summed E-state index contributed by atoms with van der Waals surface area (Å²) in [5.74, 6) is 0.0254. The molecule has 0 saturated carbocycles. The second-order valence-electron chi connectivity index (χ2n) is 5.95. The van der Waals surface area contributed by atoms with Crippen LogP contribution in [0.15, 0.2) is 23.0 Å². The van der Waals surface area contributed by atoms with Crippen molar-refractivity contribution < 1.29 is 19.1 Å². The summed E-state index contributed by atoms with van der Waals surface area (Å²) in [5.41, 5.74) is 0.472. The molecular weight excluding hydrogens is 246 g/mol. The van der Waals surface area contributed by atoms with Crippen molar-refractivity contribution in [1.29, 1.82) is 0 Å². The molecule has 0 spiro atoms. The van der Waals surface area contributed by atoms with Crippen molar-refractivity contribution in [2.24, 2.45) is 0 Å². The summed E-state index contributed by atoms with van der Waals surface area (Å²) in [4.78, 5) is 13.5. The van der Waals surface area contributed by atoms with Gasteiger partial charge < -0.3 is 19.2 Å². The first-order valence-corrected chi connectivity index (χ1v) is 6.55. The molecule has 1 aliphatic heterocycles. The molecule has 0 bridgehead atoms. The van der Waals surface area contributed by atoms with Gasteiger partial charge in [0.05, 0.1) is 25.2 Å². The van der Waals surface area contributed by atoms with Crippen molar-refractivity contribution in [1.82, 2.24) is 4.90 Å². The highest BCUT2D eigenvalue weighted by Crippen LogP contribution is 2.29. The van der Waals surface area contributed by atoms with Crippen LogP contribution in [0.1, 0.15) is 38.7 Å². The first-order chi connectivity index (χ1) is 8.87. The maximum absolute atomic E-state index is 11.9. The fourth-order valence-electron chi connectivity index (χ4n) is 2.30. The van der Waals surface area contributed by atoms with Crippen LogP contribution in [0.2, 0.25) is 0 Å². The van der Waals surface area contributed by atoms with Gasteiger partial charge >= 0.3 is 6.09 Å². The van der Waals surface area contributed by atoms with Crippen molar-refractivity contribution >= 4 is 6.09 Å². The molecular formula is C14H21NO4. The Kier molecular flexibility index (Phi) is 3.85. The van der Waals surface area contributed by atoms with Crippen molar-refractivity contribution in [3.8, 4) is 0 Å². The molecule has 2 heterocycles. The fourth-order valence-corrected chi connectivity index (χ4v) is 2.30. The van der Waals surface area contributed by atoms with Gasteiger partial charge in [0, 0.05) is 12.5 Å². The van der Waals surface area contributed by atoms with E-state index in [2.05, 4.69) is 0 Å². The fraction of sp³-hybridized carbons (Fsp3) is 0.643. The standard InChI is InChI=1S/C14H21NO4/c1-14(2,3)19-13(17)15-6-4-11(12(16)8-15)10-5-7-18-9-10/h5,7,9,11-12,16H,4,6,8H2,1-3H3/t11-,12+/m1/s1. The number of piperidine rings is 1. The van der Waals surface area contributed by atoms with E-state index < -0.39 is 11.7 Å². The van der Waals surface area contributed by atoms with E-state index in [-0.39, 0.29) is 12.0 Å². The maximum Gasteiger partial charge on any atom is 0.410 e. The van der Waals surface area contributed by atoms with Gasteiger partial charge in [-0.15, -0.1) is 0 Å². The minimum Gasteiger partial charge on any atom is -0.472 e. The first-order valence-electron chi connectivity index (χ1n) is 6.55. The average molecular weight is 267 g/mol. The molecule has 19 heavy (non-hydrogen) atoms. The third kappa shape index (κ3) is 3.50. The highest BCUT2D eigenvalue weighted by atomic mass is 16.6. The molecule has 1 aromatic rings. The lowest BCUT2D eigenvalue weighted by molar-refractivity contribution is -0.00155. The summed E-state index contributed by atoms with van der Waals surface area (Å²) < 4.78 is 10.3. The molecule has 2 rings (SSSR count). The minimum absolute atomic E-state index is 0.0254. The molecule has 1 aromatic heterocycles. The van der Waals surface area contributed by atoms with Crippen molar-refractivity contribution in [3.05, 3.63) is 24.2 Å². The van der Waals surface area contributed by atoms with E-state index >= 15 is 0 Å². The van der Waals surface area contributed by atoms with E-state index in [1.54, 1.807) is 17.4 Å². The Balaban J connectivity index is 1.95. The third-order valence-electron chi connectivity index (χ3n) is 3.20. The van der Waals surface area contributed by atoms with Crippen LogP contribution in [0.3, 0.4) is 0 Å². The molecule has 1 fully saturated rings. The molecule has 1 N–H and O–H groups in total. The maximum atomic E-state index is 11.9. The Hall–Kier alpha value is -1.49. The Labute approximate surface area is 113 Å². The number of amides is 1. The number of carbonyl (C=O) groups is 1. The van der Waals surface area contributed by atoms with E-state index in [0.29, 0.717) is 19.5 Å². The largest absolute Gasteiger partial charge is 0.472 e. The molecule has 1 amide bonds. The zero-order valence-electron chi connectivity index (χ0n) is 11.6. The van der Waals surface area contributed by atoms with Crippen molar-refractivity contribution in [3.63, 3.8) is 0 Å². The Morgan fingerprint density at radius 1 is 1.53 bits per heavy atom. The van der Waals surface area contributed by atoms with E-state index in [1.165, 1.54) is 0 Å². The molecule has 0 unspecified atom stereocenters. The number of carbonyl (C=O) groups excluding carboxylic acids is 1. The first kappa shape index (κ1) is 13.9. The van der Waals surface area contributed by atoms with Crippen LogP contribution in [0, 0.1) is 0 Å². The molecule has 1 saturated heterocycles. The lowest BCUT2D eigenvalue weighted by atomic mass is 9.89. The number of furan rings is 1. The van der Waals surface area contributed by atoms with Gasteiger partial charge in [0.1, 0.15) is 5.60 Å². The number of nitrogens with zero attached hydrogens (tertiary/aromatic N) is 1. The van der Waals surface area contributed by atoms with E-state index in [4.69, 9.17) is 9.15 Å². The van der Waals surface area contributed by atoms with Crippen LogP contribution in [0.5, 0.6) is 0 Å². The normalized spacial score (nSPS) is 24.3. The van der Waals surface area contributed by atoms with Gasteiger partial charge in [-0.1, -0.05) is 0 Å². The zero-order chi connectivity index (χ0) is 14.0. The number of hydrogen-bond donors (Lipinski definition) is 1. The number of β-amino-alcohol motifs (C(OH)–C–C–N with tert-alkyl or cyclic N) is 1. The third-order valence-corrected chi connectivity index (χ3v) is 3.20. The molecule has 0 radical (unpaired) electrons. The lowest BCUT2D eigenvalue weighted by Crippen LogP contribution is -2.47. The van der Waals surface area contributed by atoms with Crippen LogP contribution in [-0.2, 0) is 4.74 Å². The molecule has 2 atom stereocenters. The number of hydrogen-bond acceptors (Lipinski definition) is 4. The SMILES string of the molecule is CC(C)(C)OC(=O)N1CC[C@H](c2ccoc2)[C@@H](O)C1. The summed E-state index contributed by atoms with van der Waals surface area (Å²) in [7, 11) is 0. The zero-order valence-corrected chi connectivity index (χ0v) is 11.6. The van der Waals surface area contributed by atoms with E-state index in [1.807, 2.05) is 26.8 Å². The van der Waals surface area contributed by atoms with Gasteiger partial charge in [0.2, 0.25) is 0 Å². The summed E-state index contributed by atoms with van der Waals surface area (Å²) in [6.07, 6.45) is 3.01. The molecule has 5 heteroatoms. The highest BCUT2D eigenvalue weighted by molar-refractivity contribution is 5.68. The molecule has 5 nitrogen and oxygen atoms in total. The monoisotopic (exact) mass is 267 g/mol. The molecule has 106 valence electrons. The quantitative estimate of drug-likeness (QED) is 0.848. The minimum atomic E-state index is -0.584. The van der Waals surface area contributed by atoms with E-state index in [0.717, 1.165) is 5.56 Å². The lowest BCUT2D eigenvalue weighted by Gasteiger charge is -2.36. The predicted octanol–water partition coefficient (Wildman–Crippen LogP) is 2.36. The van der Waals surface area contributed by atoms with Crippen LogP contribution < -0.4 is 0 Å². The van der Waals surface area contributed by atoms with E-state index in [9.17, 15) is 9.90 Å². The van der Waals surface area contributed by atoms with Crippen LogP contribution >= 0.6 is 0 Å². The van der Waals surface area contributed by atoms with Gasteiger partial charge in [0.15, 0.2) is 0 Å². The van der Waals surface area contributed by atoms with Crippen LogP contribution in [0.4, 0.5) is 4.79 Å². The second kappa shape index (κ2) is 5.25. The smallest absolute Gasteiger partial charge is 0.410 e. The Morgan fingerprint density at radius 2 is 2.26 bits per heavy atom. The highest BCUT2D eigenvalue weighted by Gasteiger charge is 2.33. The van der Waals surface area contributed by atoms with Crippen molar-refractivity contribution in [2.75, 3.05) is 13.1 Å². The summed E-state index contributed by atoms with van der Waals surface area (Å²) in [6.45, 7) is 6.38. The number of rotatable bonds is 1. The molecule has 0 aliphatic carbocycles. The van der Waals surface area contributed by atoms with Crippen molar-refractivity contribution in [2.45, 2.75) is 44.8 Å². The average Bonchev–Trinajstić information content (AvgIpc) is 2.79. The van der Waals surface area contributed by atoms with Gasteiger partial charge in [-0.05, 0) is 38.8 Å². The molecule has 0 aromatic carbocycles. The van der Waals surface area contributed by atoms with Crippen LogP contribution in [0.25, 0.3) is 0 Å². The Bertz CT molecular complexity index is 421. The van der Waals surface area contributed by atoms with Gasteiger partial charge in [-0.2, -0.15) is 0 Å². The predicted molar refractivity (Wildman–Crippen MR) is 69.9 cm³/mol. The number of ether oxygens (including phenoxy) is 1. The number of likely N-dealkylation sites (tertiary alicyclic amines) is 1. The summed E-state index contributed by atoms with van der Waals surface area (Å²) in [6, 6.07) is 1.86. The number of aliphatic hydroxyl groups excluding tert-OH is 1. The summed E-state index contributed by atoms with van der Waals surface area (Å²) in [5, 5.41) is 10.2. The summed E-state index contributed by atoms with van der Waals surface area (Å²) >= 11 is 0. The Morgan fingerprint density at radius 3 is 2.79 bits per heavy atom.